The van der Waals surface area contributed by atoms with E-state index in [1.807, 2.05) is 0 Å². The maximum atomic E-state index is 12.0. The van der Waals surface area contributed by atoms with Gasteiger partial charge in [-0.25, -0.2) is 0 Å². The van der Waals surface area contributed by atoms with Crippen LogP contribution in [-0.2, 0) is 9.53 Å². The molecule has 0 aromatic heterocycles. The fourth-order valence-electron chi connectivity index (χ4n) is 6.33. The average molecular weight is 635 g/mol. The van der Waals surface area contributed by atoms with E-state index in [9.17, 15) is 9.90 Å². The van der Waals surface area contributed by atoms with E-state index in [2.05, 4.69) is 26.0 Å². The van der Waals surface area contributed by atoms with Crippen LogP contribution in [0.5, 0.6) is 0 Å². The van der Waals surface area contributed by atoms with Crippen molar-refractivity contribution < 1.29 is 14.6 Å². The van der Waals surface area contributed by atoms with E-state index in [0.717, 1.165) is 44.9 Å². The van der Waals surface area contributed by atoms with Crippen molar-refractivity contribution in [1.29, 1.82) is 0 Å². The maximum Gasteiger partial charge on any atom is 0.305 e. The predicted octanol–water partition coefficient (Wildman–Crippen LogP) is 14.1. The Morgan fingerprint density at radius 1 is 0.489 bits per heavy atom. The van der Waals surface area contributed by atoms with Crippen molar-refractivity contribution in [3.05, 3.63) is 12.2 Å². The zero-order chi connectivity index (χ0) is 32.7. The Hall–Kier alpha value is -0.830. The highest BCUT2D eigenvalue weighted by Gasteiger charge is 2.03. The van der Waals surface area contributed by atoms with Gasteiger partial charge in [-0.3, -0.25) is 4.79 Å². The Morgan fingerprint density at radius 3 is 1.33 bits per heavy atom. The SMILES string of the molecule is CCCCCCCCCCCCCCCCCCCCCCCC(=O)OCCCCCCCC/C=C\C[C@H](O)CCCCCC. The number of rotatable bonds is 38. The summed E-state index contributed by atoms with van der Waals surface area (Å²) < 4.78 is 5.45. The lowest BCUT2D eigenvalue weighted by Crippen LogP contribution is -2.05. The Bertz CT molecular complexity index is 586. The second kappa shape index (κ2) is 39.3. The molecule has 3 nitrogen and oxygen atoms in total. The molecule has 0 aliphatic carbocycles. The molecule has 0 saturated heterocycles. The van der Waals surface area contributed by atoms with Gasteiger partial charge in [0, 0.05) is 6.42 Å². The van der Waals surface area contributed by atoms with Gasteiger partial charge in [0.05, 0.1) is 12.7 Å². The summed E-state index contributed by atoms with van der Waals surface area (Å²) in [4.78, 5) is 12.0. The molecule has 3 heteroatoms. The summed E-state index contributed by atoms with van der Waals surface area (Å²) in [5.41, 5.74) is 0. The highest BCUT2D eigenvalue weighted by molar-refractivity contribution is 5.69. The second-order valence-corrected chi connectivity index (χ2v) is 14.2. The van der Waals surface area contributed by atoms with Gasteiger partial charge in [0.15, 0.2) is 0 Å². The number of unbranched alkanes of at least 4 members (excludes halogenated alkanes) is 29. The largest absolute Gasteiger partial charge is 0.466 e. The molecule has 0 rings (SSSR count). The molecule has 0 radical (unpaired) electrons. The van der Waals surface area contributed by atoms with E-state index >= 15 is 0 Å². The first kappa shape index (κ1) is 44.2. The number of carbonyl (C=O) groups excluding carboxylic acids is 1. The lowest BCUT2D eigenvalue weighted by atomic mass is 10.0. The van der Waals surface area contributed by atoms with Crippen LogP contribution in [0.3, 0.4) is 0 Å². The summed E-state index contributed by atoms with van der Waals surface area (Å²) in [6.07, 6.45) is 49.0. The Morgan fingerprint density at radius 2 is 0.867 bits per heavy atom. The maximum absolute atomic E-state index is 12.0. The molecular weight excluding hydrogens is 552 g/mol. The van der Waals surface area contributed by atoms with Gasteiger partial charge >= 0.3 is 5.97 Å². The molecule has 0 saturated carbocycles. The van der Waals surface area contributed by atoms with Crippen LogP contribution in [0.2, 0.25) is 0 Å². The molecule has 45 heavy (non-hydrogen) atoms. The third kappa shape index (κ3) is 39.3. The number of aliphatic hydroxyl groups excluding tert-OH is 1. The fourth-order valence-corrected chi connectivity index (χ4v) is 6.33. The minimum Gasteiger partial charge on any atom is -0.466 e. The number of carbonyl (C=O) groups is 1. The van der Waals surface area contributed by atoms with E-state index in [-0.39, 0.29) is 12.1 Å². The zero-order valence-corrected chi connectivity index (χ0v) is 31.0. The van der Waals surface area contributed by atoms with Crippen molar-refractivity contribution in [1.82, 2.24) is 0 Å². The normalized spacial score (nSPS) is 12.3. The minimum atomic E-state index is -0.157. The van der Waals surface area contributed by atoms with Gasteiger partial charge in [0.1, 0.15) is 0 Å². The van der Waals surface area contributed by atoms with Gasteiger partial charge < -0.3 is 9.84 Å². The van der Waals surface area contributed by atoms with Crippen LogP contribution in [-0.4, -0.2) is 23.8 Å². The number of hydrogen-bond donors (Lipinski definition) is 1. The summed E-state index contributed by atoms with van der Waals surface area (Å²) in [6.45, 7) is 5.12. The van der Waals surface area contributed by atoms with Crippen LogP contribution >= 0.6 is 0 Å². The summed E-state index contributed by atoms with van der Waals surface area (Å²) in [6, 6.07) is 0. The molecule has 0 heterocycles. The highest BCUT2D eigenvalue weighted by Crippen LogP contribution is 2.16. The van der Waals surface area contributed by atoms with Crippen LogP contribution in [0.4, 0.5) is 0 Å². The van der Waals surface area contributed by atoms with Gasteiger partial charge in [-0.1, -0.05) is 206 Å². The predicted molar refractivity (Wildman–Crippen MR) is 199 cm³/mol. The fraction of sp³-hybridized carbons (Fsp3) is 0.929. The van der Waals surface area contributed by atoms with Crippen LogP contribution in [0, 0.1) is 0 Å². The number of aliphatic hydroxyl groups is 1. The molecule has 0 fully saturated rings. The van der Waals surface area contributed by atoms with Gasteiger partial charge in [-0.2, -0.15) is 0 Å². The molecule has 1 atom stereocenters. The summed E-state index contributed by atoms with van der Waals surface area (Å²) in [5.74, 6) is 0.00525. The first-order valence-corrected chi connectivity index (χ1v) is 20.7. The molecule has 0 aromatic rings. The molecular formula is C42H82O3. The summed E-state index contributed by atoms with van der Waals surface area (Å²) in [5, 5.41) is 10.0. The zero-order valence-electron chi connectivity index (χ0n) is 31.0. The van der Waals surface area contributed by atoms with E-state index in [4.69, 9.17) is 4.74 Å². The Kier molecular flexibility index (Phi) is 38.6. The van der Waals surface area contributed by atoms with Crippen molar-refractivity contribution in [2.45, 2.75) is 245 Å². The molecule has 0 amide bonds. The second-order valence-electron chi connectivity index (χ2n) is 14.2. The average Bonchev–Trinajstić information content (AvgIpc) is 3.04. The van der Waals surface area contributed by atoms with E-state index in [1.165, 1.54) is 173 Å². The number of esters is 1. The Balaban J connectivity index is 3.22. The van der Waals surface area contributed by atoms with Crippen LogP contribution in [0.15, 0.2) is 12.2 Å². The molecule has 1 N–H and O–H groups in total. The third-order valence-electron chi connectivity index (χ3n) is 9.48. The number of hydrogen-bond acceptors (Lipinski definition) is 3. The van der Waals surface area contributed by atoms with Crippen molar-refractivity contribution in [3.63, 3.8) is 0 Å². The smallest absolute Gasteiger partial charge is 0.305 e. The molecule has 0 aromatic carbocycles. The third-order valence-corrected chi connectivity index (χ3v) is 9.48. The quantitative estimate of drug-likeness (QED) is 0.0417. The van der Waals surface area contributed by atoms with Gasteiger partial charge in [0.25, 0.3) is 0 Å². The topological polar surface area (TPSA) is 46.5 Å². The highest BCUT2D eigenvalue weighted by atomic mass is 16.5. The molecule has 0 aliphatic rings. The molecule has 0 spiro atoms. The first-order chi connectivity index (χ1) is 22.2. The van der Waals surface area contributed by atoms with Crippen LogP contribution < -0.4 is 0 Å². The first-order valence-electron chi connectivity index (χ1n) is 20.7. The lowest BCUT2D eigenvalue weighted by Gasteiger charge is -2.07. The van der Waals surface area contributed by atoms with E-state index in [0.29, 0.717) is 13.0 Å². The molecule has 0 bridgehead atoms. The van der Waals surface area contributed by atoms with Crippen LogP contribution in [0.1, 0.15) is 239 Å². The van der Waals surface area contributed by atoms with Crippen LogP contribution in [0.25, 0.3) is 0 Å². The summed E-state index contributed by atoms with van der Waals surface area (Å²) >= 11 is 0. The van der Waals surface area contributed by atoms with Crippen molar-refractivity contribution in [2.24, 2.45) is 0 Å². The molecule has 268 valence electrons. The Labute approximate surface area is 283 Å². The lowest BCUT2D eigenvalue weighted by molar-refractivity contribution is -0.143. The standard InChI is InChI=1S/C42H82O3/c1-3-5-7-9-10-11-12-13-14-15-16-17-18-19-20-21-22-25-28-31-35-39-42(44)45-40-36-32-29-26-23-24-27-30-34-38-41(43)37-33-8-6-4-2/h30,34,41,43H,3-29,31-33,35-40H2,1-2H3/b34-30-/t41-/m1/s1. The monoisotopic (exact) mass is 635 g/mol. The minimum absolute atomic E-state index is 0.00525. The number of ether oxygens (including phenoxy) is 1. The van der Waals surface area contributed by atoms with E-state index in [1.54, 1.807) is 0 Å². The number of allylic oxidation sites excluding steroid dienone is 1. The molecule has 0 aliphatic heterocycles. The van der Waals surface area contributed by atoms with Crippen molar-refractivity contribution in [2.75, 3.05) is 6.61 Å². The molecule has 0 unspecified atom stereocenters. The summed E-state index contributed by atoms with van der Waals surface area (Å²) in [7, 11) is 0. The van der Waals surface area contributed by atoms with Crippen molar-refractivity contribution >= 4 is 5.97 Å². The van der Waals surface area contributed by atoms with Gasteiger partial charge in [-0.15, -0.1) is 0 Å². The van der Waals surface area contributed by atoms with Crippen molar-refractivity contribution in [3.8, 4) is 0 Å². The van der Waals surface area contributed by atoms with Gasteiger partial charge in [-0.05, 0) is 38.5 Å². The van der Waals surface area contributed by atoms with E-state index < -0.39 is 0 Å². The van der Waals surface area contributed by atoms with Gasteiger partial charge in [0.2, 0.25) is 0 Å².